The molecule has 130 valence electrons. The Morgan fingerprint density at radius 2 is 1.70 bits per heavy atom. The second kappa shape index (κ2) is 9.03. The van der Waals surface area contributed by atoms with Crippen LogP contribution in [0.1, 0.15) is 44.5 Å². The Hall–Kier alpha value is -1.40. The maximum absolute atomic E-state index is 12.3. The average Bonchev–Trinajstić information content (AvgIpc) is 2.46. The summed E-state index contributed by atoms with van der Waals surface area (Å²) < 4.78 is 34.8. The van der Waals surface area contributed by atoms with Crippen LogP contribution in [0.3, 0.4) is 0 Å². The summed E-state index contributed by atoms with van der Waals surface area (Å²) in [5.74, 6) is -0.394. The van der Waals surface area contributed by atoms with Gasteiger partial charge in [0.2, 0.25) is 0 Å². The topological polar surface area (TPSA) is 69.7 Å². The minimum Gasteiger partial charge on any atom is -0.461 e. The van der Waals surface area contributed by atoms with Gasteiger partial charge in [0.1, 0.15) is 11.9 Å². The van der Waals surface area contributed by atoms with Gasteiger partial charge in [0, 0.05) is 0 Å². The summed E-state index contributed by atoms with van der Waals surface area (Å²) in [6.45, 7) is 7.47. The van der Waals surface area contributed by atoms with Crippen molar-refractivity contribution in [2.45, 2.75) is 39.4 Å². The van der Waals surface area contributed by atoms with Gasteiger partial charge in [-0.3, -0.25) is 4.18 Å². The molecule has 0 aliphatic heterocycles. The highest BCUT2D eigenvalue weighted by molar-refractivity contribution is 7.87. The van der Waals surface area contributed by atoms with Gasteiger partial charge in [0.15, 0.2) is 0 Å². The third-order valence-electron chi connectivity index (χ3n) is 3.45. The van der Waals surface area contributed by atoms with Crippen LogP contribution in [0.2, 0.25) is 0 Å². The van der Waals surface area contributed by atoms with E-state index in [-0.39, 0.29) is 19.1 Å². The van der Waals surface area contributed by atoms with Crippen molar-refractivity contribution in [1.82, 2.24) is 0 Å². The van der Waals surface area contributed by atoms with Gasteiger partial charge in [-0.2, -0.15) is 8.42 Å². The molecule has 5 nitrogen and oxygen atoms in total. The lowest BCUT2D eigenvalue weighted by molar-refractivity contribution is 0.0488. The quantitative estimate of drug-likeness (QED) is 0.509. The smallest absolute Gasteiger partial charge is 0.338 e. The average molecular weight is 342 g/mol. The molecule has 1 atom stereocenters. The van der Waals surface area contributed by atoms with Gasteiger partial charge >= 0.3 is 5.97 Å². The van der Waals surface area contributed by atoms with Gasteiger partial charge in [-0.05, 0) is 30.4 Å². The fourth-order valence-electron chi connectivity index (χ4n) is 1.91. The fraction of sp³-hybridized carbons (Fsp3) is 0.588. The van der Waals surface area contributed by atoms with Crippen LogP contribution in [-0.2, 0) is 19.0 Å². The second-order valence-electron chi connectivity index (χ2n) is 6.24. The molecule has 0 fully saturated rings. The van der Waals surface area contributed by atoms with Crippen molar-refractivity contribution in [3.8, 4) is 0 Å². The zero-order valence-electron chi connectivity index (χ0n) is 14.2. The summed E-state index contributed by atoms with van der Waals surface area (Å²) in [6, 6.07) is 8.49. The van der Waals surface area contributed by atoms with E-state index in [1.165, 1.54) is 0 Å². The minimum absolute atomic E-state index is 0.149. The second-order valence-corrected chi connectivity index (χ2v) is 8.07. The third kappa shape index (κ3) is 6.71. The number of hydrogen-bond donors (Lipinski definition) is 0. The first kappa shape index (κ1) is 19.6. The highest BCUT2D eigenvalue weighted by Gasteiger charge is 2.31. The Morgan fingerprint density at radius 3 is 2.22 bits per heavy atom. The number of carbonyl (C=O) groups is 1. The van der Waals surface area contributed by atoms with Crippen LogP contribution in [0, 0.1) is 11.8 Å². The molecule has 1 unspecified atom stereocenters. The first-order chi connectivity index (χ1) is 10.7. The van der Waals surface area contributed by atoms with E-state index in [0.29, 0.717) is 17.9 Å². The van der Waals surface area contributed by atoms with Crippen LogP contribution in [0.15, 0.2) is 30.3 Å². The molecule has 0 spiro atoms. The molecular formula is C17H26O5S. The van der Waals surface area contributed by atoms with Crippen molar-refractivity contribution in [2.24, 2.45) is 11.8 Å². The molecule has 1 aromatic rings. The molecule has 0 amide bonds. The van der Waals surface area contributed by atoms with E-state index in [9.17, 15) is 13.2 Å². The van der Waals surface area contributed by atoms with Crippen molar-refractivity contribution >= 4 is 16.1 Å². The lowest BCUT2D eigenvalue weighted by atomic mass is 10.1. The largest absolute Gasteiger partial charge is 0.461 e. The van der Waals surface area contributed by atoms with Crippen LogP contribution < -0.4 is 0 Å². The molecule has 0 saturated heterocycles. The summed E-state index contributed by atoms with van der Waals surface area (Å²) in [4.78, 5) is 11.9. The lowest BCUT2D eigenvalue weighted by Gasteiger charge is -2.20. The standard InChI is InChI=1S/C17H26O5S/c1-13(2)10-11-22-23(19,20)16(14(3)4)12-21-17(18)15-8-6-5-7-9-15/h5-9,13-14,16H,10-12H2,1-4H3. The highest BCUT2D eigenvalue weighted by atomic mass is 32.2. The number of hydrogen-bond acceptors (Lipinski definition) is 5. The summed E-state index contributed by atoms with van der Waals surface area (Å²) >= 11 is 0. The maximum atomic E-state index is 12.3. The third-order valence-corrected chi connectivity index (χ3v) is 5.36. The molecular weight excluding hydrogens is 316 g/mol. The van der Waals surface area contributed by atoms with Crippen molar-refractivity contribution in [3.63, 3.8) is 0 Å². The number of esters is 1. The summed E-state index contributed by atoms with van der Waals surface area (Å²) in [7, 11) is -3.77. The zero-order chi connectivity index (χ0) is 17.5. The maximum Gasteiger partial charge on any atom is 0.338 e. The Balaban J connectivity index is 2.66. The normalized spacial score (nSPS) is 13.3. The molecule has 0 aliphatic carbocycles. The van der Waals surface area contributed by atoms with Gasteiger partial charge < -0.3 is 4.74 Å². The predicted octanol–water partition coefficient (Wildman–Crippen LogP) is 3.26. The SMILES string of the molecule is CC(C)CCOS(=O)(=O)C(COC(=O)c1ccccc1)C(C)C. The molecule has 0 bridgehead atoms. The fourth-order valence-corrected chi connectivity index (χ4v) is 3.32. The Bertz CT molecular complexity index is 578. The molecule has 0 radical (unpaired) electrons. The van der Waals surface area contributed by atoms with Crippen LogP contribution in [0.25, 0.3) is 0 Å². The zero-order valence-corrected chi connectivity index (χ0v) is 15.0. The van der Waals surface area contributed by atoms with Crippen molar-refractivity contribution in [2.75, 3.05) is 13.2 Å². The summed E-state index contributed by atoms with van der Waals surface area (Å²) in [6.07, 6.45) is 0.661. The molecule has 1 rings (SSSR count). The van der Waals surface area contributed by atoms with E-state index in [1.54, 1.807) is 44.2 Å². The van der Waals surface area contributed by atoms with E-state index in [1.807, 2.05) is 13.8 Å². The first-order valence-electron chi connectivity index (χ1n) is 7.84. The van der Waals surface area contributed by atoms with Crippen LogP contribution in [0.5, 0.6) is 0 Å². The number of ether oxygens (including phenoxy) is 1. The molecule has 23 heavy (non-hydrogen) atoms. The van der Waals surface area contributed by atoms with Gasteiger partial charge in [-0.25, -0.2) is 4.79 Å². The summed E-state index contributed by atoms with van der Waals surface area (Å²) in [5, 5.41) is -0.873. The van der Waals surface area contributed by atoms with E-state index in [0.717, 1.165) is 0 Å². The van der Waals surface area contributed by atoms with Crippen LogP contribution in [-0.4, -0.2) is 32.9 Å². The van der Waals surface area contributed by atoms with E-state index >= 15 is 0 Å². The van der Waals surface area contributed by atoms with Gasteiger partial charge in [-0.1, -0.05) is 45.9 Å². The monoisotopic (exact) mass is 342 g/mol. The van der Waals surface area contributed by atoms with Crippen molar-refractivity contribution in [1.29, 1.82) is 0 Å². The molecule has 6 heteroatoms. The number of benzene rings is 1. The van der Waals surface area contributed by atoms with Crippen LogP contribution >= 0.6 is 0 Å². The van der Waals surface area contributed by atoms with E-state index in [4.69, 9.17) is 8.92 Å². The van der Waals surface area contributed by atoms with Gasteiger partial charge in [0.25, 0.3) is 10.1 Å². The number of rotatable bonds is 9. The highest BCUT2D eigenvalue weighted by Crippen LogP contribution is 2.17. The molecule has 1 aromatic carbocycles. The Kier molecular flexibility index (Phi) is 7.72. The minimum atomic E-state index is -3.77. The molecule has 0 aliphatic rings. The molecule has 0 N–H and O–H groups in total. The van der Waals surface area contributed by atoms with E-state index < -0.39 is 21.3 Å². The van der Waals surface area contributed by atoms with E-state index in [2.05, 4.69) is 0 Å². The van der Waals surface area contributed by atoms with Crippen LogP contribution in [0.4, 0.5) is 0 Å². The van der Waals surface area contributed by atoms with Crippen molar-refractivity contribution in [3.05, 3.63) is 35.9 Å². The lowest BCUT2D eigenvalue weighted by Crippen LogP contribution is -2.34. The number of carbonyl (C=O) groups excluding carboxylic acids is 1. The molecule has 0 aromatic heterocycles. The Morgan fingerprint density at radius 1 is 1.09 bits per heavy atom. The van der Waals surface area contributed by atoms with Crippen molar-refractivity contribution < 1.29 is 22.1 Å². The van der Waals surface area contributed by atoms with Gasteiger partial charge in [-0.15, -0.1) is 0 Å². The molecule has 0 heterocycles. The van der Waals surface area contributed by atoms with Gasteiger partial charge in [0.05, 0.1) is 12.2 Å². The predicted molar refractivity (Wildman–Crippen MR) is 89.7 cm³/mol. The summed E-state index contributed by atoms with van der Waals surface area (Å²) in [5.41, 5.74) is 0.396. The Labute approximate surface area is 139 Å². The first-order valence-corrected chi connectivity index (χ1v) is 9.31. The molecule has 0 saturated carbocycles.